The Morgan fingerprint density at radius 3 is 2.68 bits per heavy atom. The van der Waals surface area contributed by atoms with Gasteiger partial charge in [-0.3, -0.25) is 9.48 Å². The Hall–Kier alpha value is -2.25. The summed E-state index contributed by atoms with van der Waals surface area (Å²) in [5.74, 6) is -0.161. The minimum Gasteiger partial charge on any atom is -0.378 e. The van der Waals surface area contributed by atoms with Crippen LogP contribution in [0.4, 0.5) is 4.39 Å². The fraction of sp³-hybridized carbons (Fsp3) is 0.429. The number of nitrogens with zero attached hydrogens (tertiary/aromatic N) is 3. The first kappa shape index (κ1) is 19.1. The van der Waals surface area contributed by atoms with E-state index in [1.165, 1.54) is 23.5 Å². The summed E-state index contributed by atoms with van der Waals surface area (Å²) >= 11 is 1.48. The lowest BCUT2D eigenvalue weighted by atomic mass is 10.1. The number of fused-ring (bicyclic) bond motifs is 1. The van der Waals surface area contributed by atoms with E-state index in [-0.39, 0.29) is 17.8 Å². The van der Waals surface area contributed by atoms with Crippen molar-refractivity contribution in [1.82, 2.24) is 14.7 Å². The predicted molar refractivity (Wildman–Crippen MR) is 108 cm³/mol. The summed E-state index contributed by atoms with van der Waals surface area (Å²) < 4.78 is 20.7. The van der Waals surface area contributed by atoms with Gasteiger partial charge < -0.3 is 9.64 Å². The third-order valence-electron chi connectivity index (χ3n) is 5.20. The molecule has 1 aromatic carbocycles. The maximum atomic E-state index is 13.1. The molecule has 0 bridgehead atoms. The topological polar surface area (TPSA) is 47.4 Å². The normalized spacial score (nSPS) is 15.5. The molecular weight excluding hydrogens is 377 g/mol. The van der Waals surface area contributed by atoms with E-state index < -0.39 is 0 Å². The van der Waals surface area contributed by atoms with E-state index in [4.69, 9.17) is 4.74 Å². The fourth-order valence-corrected chi connectivity index (χ4v) is 4.83. The van der Waals surface area contributed by atoms with E-state index in [1.54, 1.807) is 12.1 Å². The third-order valence-corrected chi connectivity index (χ3v) is 6.33. The lowest BCUT2D eigenvalue weighted by Gasteiger charge is -2.31. The molecule has 5 nitrogen and oxygen atoms in total. The molecule has 4 rings (SSSR count). The van der Waals surface area contributed by atoms with Gasteiger partial charge in [-0.05, 0) is 50.5 Å². The van der Waals surface area contributed by atoms with Gasteiger partial charge in [-0.25, -0.2) is 4.39 Å². The van der Waals surface area contributed by atoms with Crippen LogP contribution in [0.15, 0.2) is 30.3 Å². The average Bonchev–Trinajstić information content (AvgIpc) is 3.25. The van der Waals surface area contributed by atoms with Crippen molar-refractivity contribution in [1.29, 1.82) is 0 Å². The van der Waals surface area contributed by atoms with E-state index in [1.807, 2.05) is 29.5 Å². The van der Waals surface area contributed by atoms with E-state index in [2.05, 4.69) is 5.10 Å². The summed E-state index contributed by atoms with van der Waals surface area (Å²) in [6, 6.07) is 8.40. The Kier molecular flexibility index (Phi) is 5.46. The zero-order valence-corrected chi connectivity index (χ0v) is 17.0. The number of hydrogen-bond donors (Lipinski definition) is 0. The van der Waals surface area contributed by atoms with Gasteiger partial charge in [0.2, 0.25) is 0 Å². The zero-order chi connectivity index (χ0) is 19.7. The highest BCUT2D eigenvalue weighted by Gasteiger charge is 2.26. The quantitative estimate of drug-likeness (QED) is 0.643. The fourth-order valence-electron chi connectivity index (χ4n) is 3.71. The van der Waals surface area contributed by atoms with Crippen molar-refractivity contribution in [2.45, 2.75) is 39.3 Å². The van der Waals surface area contributed by atoms with Gasteiger partial charge >= 0.3 is 0 Å². The van der Waals surface area contributed by atoms with Crippen molar-refractivity contribution in [3.05, 3.63) is 52.3 Å². The molecule has 7 heteroatoms. The number of benzene rings is 1. The van der Waals surface area contributed by atoms with Gasteiger partial charge in [0.25, 0.3) is 5.91 Å². The van der Waals surface area contributed by atoms with Crippen LogP contribution in [0.2, 0.25) is 0 Å². The second-order valence-corrected chi connectivity index (χ2v) is 8.18. The monoisotopic (exact) mass is 401 g/mol. The zero-order valence-electron chi connectivity index (χ0n) is 16.2. The van der Waals surface area contributed by atoms with Gasteiger partial charge in [0.05, 0.1) is 23.2 Å². The summed E-state index contributed by atoms with van der Waals surface area (Å²) in [4.78, 5) is 16.6. The number of aromatic nitrogens is 2. The van der Waals surface area contributed by atoms with Crippen molar-refractivity contribution in [2.24, 2.45) is 0 Å². The number of aryl methyl sites for hydroxylation is 1. The molecule has 0 atom stereocenters. The molecule has 0 N–H and O–H groups in total. The molecule has 28 heavy (non-hydrogen) atoms. The largest absolute Gasteiger partial charge is 0.378 e. The molecule has 1 aliphatic rings. The average molecular weight is 402 g/mol. The molecule has 3 aromatic rings. The molecule has 2 aromatic heterocycles. The van der Waals surface area contributed by atoms with Gasteiger partial charge in [-0.15, -0.1) is 11.3 Å². The summed E-state index contributed by atoms with van der Waals surface area (Å²) in [6.07, 6.45) is 2.05. The number of hydrogen-bond acceptors (Lipinski definition) is 4. The Labute approximate surface area is 167 Å². The SMILES string of the molecule is CCOC1CCN(C(=O)c2cc3c(C)nn(Cc4ccc(F)cc4)c3s2)CC1. The first-order valence-electron chi connectivity index (χ1n) is 9.67. The second kappa shape index (κ2) is 8.01. The number of carbonyl (C=O) groups is 1. The smallest absolute Gasteiger partial charge is 0.264 e. The molecular formula is C21H24FN3O2S. The van der Waals surface area contributed by atoms with E-state index in [0.29, 0.717) is 6.54 Å². The summed E-state index contributed by atoms with van der Waals surface area (Å²) in [7, 11) is 0. The van der Waals surface area contributed by atoms with Crippen molar-refractivity contribution in [2.75, 3.05) is 19.7 Å². The summed E-state index contributed by atoms with van der Waals surface area (Å²) in [5, 5.41) is 5.62. The van der Waals surface area contributed by atoms with Crippen LogP contribution in [-0.4, -0.2) is 46.4 Å². The Morgan fingerprint density at radius 2 is 2.00 bits per heavy atom. The molecule has 1 saturated heterocycles. The molecule has 0 unspecified atom stereocenters. The lowest BCUT2D eigenvalue weighted by molar-refractivity contribution is 0.0147. The van der Waals surface area contributed by atoms with E-state index in [9.17, 15) is 9.18 Å². The number of halogens is 1. The Bertz CT molecular complexity index is 972. The molecule has 0 radical (unpaired) electrons. The van der Waals surface area contributed by atoms with E-state index >= 15 is 0 Å². The van der Waals surface area contributed by atoms with Crippen molar-refractivity contribution in [3.63, 3.8) is 0 Å². The standard InChI is InChI=1S/C21H24FN3O2S/c1-3-27-17-8-10-24(11-9-17)20(26)19-12-18-14(2)23-25(21(18)28-19)13-15-4-6-16(22)7-5-15/h4-7,12,17H,3,8-11,13H2,1-2H3. The molecule has 0 aliphatic carbocycles. The number of rotatable bonds is 5. The highest BCUT2D eigenvalue weighted by Crippen LogP contribution is 2.30. The molecule has 148 valence electrons. The van der Waals surface area contributed by atoms with Crippen molar-refractivity contribution in [3.8, 4) is 0 Å². The van der Waals surface area contributed by atoms with Crippen molar-refractivity contribution < 1.29 is 13.9 Å². The van der Waals surface area contributed by atoms with Gasteiger partial charge in [-0.2, -0.15) is 5.10 Å². The number of piperidine rings is 1. The van der Waals surface area contributed by atoms with Gasteiger partial charge in [0.1, 0.15) is 10.6 Å². The Balaban J connectivity index is 1.53. The van der Waals surface area contributed by atoms with Crippen LogP contribution in [0.1, 0.15) is 40.7 Å². The predicted octanol–water partition coefficient (Wildman–Crippen LogP) is 4.23. The number of ether oxygens (including phenoxy) is 1. The highest BCUT2D eigenvalue weighted by atomic mass is 32.1. The van der Waals surface area contributed by atoms with Crippen LogP contribution >= 0.6 is 11.3 Å². The maximum absolute atomic E-state index is 13.1. The summed E-state index contributed by atoms with van der Waals surface area (Å²) in [5.41, 5.74) is 1.88. The maximum Gasteiger partial charge on any atom is 0.264 e. The van der Waals surface area contributed by atoms with Crippen LogP contribution in [0.25, 0.3) is 10.2 Å². The second-order valence-electron chi connectivity index (χ2n) is 7.15. The molecule has 1 fully saturated rings. The van der Waals surface area contributed by atoms with Crippen LogP contribution in [0, 0.1) is 12.7 Å². The van der Waals surface area contributed by atoms with Gasteiger partial charge in [-0.1, -0.05) is 12.1 Å². The highest BCUT2D eigenvalue weighted by molar-refractivity contribution is 7.20. The minimum atomic E-state index is -0.248. The Morgan fingerprint density at radius 1 is 1.29 bits per heavy atom. The molecule has 0 spiro atoms. The van der Waals surface area contributed by atoms with E-state index in [0.717, 1.165) is 58.9 Å². The lowest BCUT2D eigenvalue weighted by Crippen LogP contribution is -2.40. The molecule has 1 amide bonds. The van der Waals surface area contributed by atoms with Gasteiger partial charge in [0, 0.05) is 25.1 Å². The molecule has 1 aliphatic heterocycles. The van der Waals surface area contributed by atoms with Crippen molar-refractivity contribution >= 4 is 27.5 Å². The van der Waals surface area contributed by atoms with Gasteiger partial charge in [0.15, 0.2) is 0 Å². The van der Waals surface area contributed by atoms with Crippen LogP contribution < -0.4 is 0 Å². The first-order valence-corrected chi connectivity index (χ1v) is 10.5. The first-order chi connectivity index (χ1) is 13.5. The number of likely N-dealkylation sites (tertiary alicyclic amines) is 1. The number of carbonyl (C=O) groups excluding carboxylic acids is 1. The number of thiophene rings is 1. The van der Waals surface area contributed by atoms with Crippen LogP contribution in [0.5, 0.6) is 0 Å². The molecule has 0 saturated carbocycles. The van der Waals surface area contributed by atoms with Crippen LogP contribution in [-0.2, 0) is 11.3 Å². The number of amides is 1. The third kappa shape index (κ3) is 3.82. The molecule has 3 heterocycles. The minimum absolute atomic E-state index is 0.0869. The summed E-state index contributed by atoms with van der Waals surface area (Å²) in [6.45, 7) is 6.71. The van der Waals surface area contributed by atoms with Crippen LogP contribution in [0.3, 0.4) is 0 Å².